The molecule has 0 radical (unpaired) electrons. The number of rotatable bonds is 6. The van der Waals surface area contributed by atoms with Gasteiger partial charge in [0.25, 0.3) is 0 Å². The number of nitrogens with zero attached hydrogens (tertiary/aromatic N) is 1. The van der Waals surface area contributed by atoms with E-state index in [1.807, 2.05) is 36.6 Å². The number of carbonyl (C=O) groups excluding carboxylic acids is 1. The van der Waals surface area contributed by atoms with Gasteiger partial charge in [-0.1, -0.05) is 6.07 Å². The minimum Gasteiger partial charge on any atom is -0.492 e. The molecule has 0 saturated carbocycles. The Labute approximate surface area is 122 Å². The number of amides is 1. The Kier molecular flexibility index (Phi) is 4.79. The standard InChI is InChI=1S/C14H19N3O2S/c1-3-15-12(18)8-9-17-10-6-5-7-11(19-4-2)13(10)16-14(17)20/h5-7H,3-4,8-9H2,1-2H3,(H,15,18)(H,16,20). The topological polar surface area (TPSA) is 59.0 Å². The highest BCUT2D eigenvalue weighted by atomic mass is 32.1. The molecule has 0 aliphatic heterocycles. The summed E-state index contributed by atoms with van der Waals surface area (Å²) in [5.74, 6) is 0.817. The summed E-state index contributed by atoms with van der Waals surface area (Å²) >= 11 is 5.33. The largest absolute Gasteiger partial charge is 0.492 e. The van der Waals surface area contributed by atoms with E-state index < -0.39 is 0 Å². The Morgan fingerprint density at radius 2 is 2.25 bits per heavy atom. The molecule has 0 fully saturated rings. The molecule has 0 aliphatic carbocycles. The molecule has 108 valence electrons. The van der Waals surface area contributed by atoms with Crippen molar-refractivity contribution in [1.29, 1.82) is 0 Å². The molecule has 6 heteroatoms. The van der Waals surface area contributed by atoms with E-state index in [0.29, 0.717) is 30.9 Å². The zero-order valence-corrected chi connectivity index (χ0v) is 12.5. The number of para-hydroxylation sites is 1. The highest BCUT2D eigenvalue weighted by molar-refractivity contribution is 7.71. The summed E-state index contributed by atoms with van der Waals surface area (Å²) in [6.07, 6.45) is 0.411. The van der Waals surface area contributed by atoms with Crippen LogP contribution >= 0.6 is 12.2 Å². The molecule has 1 heterocycles. The number of nitrogens with one attached hydrogen (secondary N) is 2. The second kappa shape index (κ2) is 6.56. The highest BCUT2D eigenvalue weighted by Gasteiger charge is 2.10. The summed E-state index contributed by atoms with van der Waals surface area (Å²) < 4.78 is 8.12. The number of ether oxygens (including phenoxy) is 1. The molecular weight excluding hydrogens is 274 g/mol. The van der Waals surface area contributed by atoms with Crippen LogP contribution in [0, 0.1) is 4.77 Å². The van der Waals surface area contributed by atoms with E-state index in [0.717, 1.165) is 16.8 Å². The van der Waals surface area contributed by atoms with E-state index >= 15 is 0 Å². The Morgan fingerprint density at radius 3 is 2.95 bits per heavy atom. The maximum atomic E-state index is 11.6. The van der Waals surface area contributed by atoms with Gasteiger partial charge in [0.2, 0.25) is 5.91 Å². The van der Waals surface area contributed by atoms with Crippen molar-refractivity contribution in [2.75, 3.05) is 13.2 Å². The molecule has 1 aromatic heterocycles. The van der Waals surface area contributed by atoms with E-state index in [-0.39, 0.29) is 5.91 Å². The van der Waals surface area contributed by atoms with E-state index in [1.165, 1.54) is 0 Å². The molecule has 5 nitrogen and oxygen atoms in total. The highest BCUT2D eigenvalue weighted by Crippen LogP contribution is 2.25. The lowest BCUT2D eigenvalue weighted by Gasteiger charge is -2.06. The molecule has 1 amide bonds. The van der Waals surface area contributed by atoms with Gasteiger partial charge in [-0.05, 0) is 38.2 Å². The second-order valence-corrected chi connectivity index (χ2v) is 4.76. The van der Waals surface area contributed by atoms with Gasteiger partial charge >= 0.3 is 0 Å². The van der Waals surface area contributed by atoms with Crippen molar-refractivity contribution in [3.63, 3.8) is 0 Å². The number of aromatic nitrogens is 2. The first-order chi connectivity index (χ1) is 9.67. The van der Waals surface area contributed by atoms with Crippen molar-refractivity contribution >= 4 is 29.2 Å². The zero-order chi connectivity index (χ0) is 14.5. The lowest BCUT2D eigenvalue weighted by atomic mass is 10.3. The van der Waals surface area contributed by atoms with Gasteiger partial charge < -0.3 is 19.6 Å². The third-order valence-electron chi connectivity index (χ3n) is 3.01. The van der Waals surface area contributed by atoms with Crippen molar-refractivity contribution in [2.24, 2.45) is 0 Å². The van der Waals surface area contributed by atoms with E-state index in [4.69, 9.17) is 17.0 Å². The minimum absolute atomic E-state index is 0.0321. The number of hydrogen-bond donors (Lipinski definition) is 2. The Bertz CT molecular complexity index is 660. The third-order valence-corrected chi connectivity index (χ3v) is 3.33. The third kappa shape index (κ3) is 3.01. The summed E-state index contributed by atoms with van der Waals surface area (Å²) in [5, 5.41) is 2.79. The van der Waals surface area contributed by atoms with Gasteiger partial charge in [0, 0.05) is 19.5 Å². The van der Waals surface area contributed by atoms with Crippen LogP contribution in [0.2, 0.25) is 0 Å². The van der Waals surface area contributed by atoms with Gasteiger partial charge in [-0.25, -0.2) is 0 Å². The minimum atomic E-state index is 0.0321. The monoisotopic (exact) mass is 293 g/mol. The number of carbonyl (C=O) groups is 1. The van der Waals surface area contributed by atoms with E-state index in [9.17, 15) is 4.79 Å². The molecule has 2 N–H and O–H groups in total. The van der Waals surface area contributed by atoms with Crippen molar-refractivity contribution in [3.8, 4) is 5.75 Å². The number of imidazole rings is 1. The van der Waals surface area contributed by atoms with E-state index in [2.05, 4.69) is 10.3 Å². The van der Waals surface area contributed by atoms with Crippen molar-refractivity contribution in [1.82, 2.24) is 14.9 Å². The van der Waals surface area contributed by atoms with Crippen LogP contribution in [-0.2, 0) is 11.3 Å². The predicted molar refractivity (Wildman–Crippen MR) is 81.6 cm³/mol. The molecule has 0 atom stereocenters. The fourth-order valence-electron chi connectivity index (χ4n) is 2.15. The SMILES string of the molecule is CCNC(=O)CCn1c(=S)[nH]c2c(OCC)cccc21. The van der Waals surface area contributed by atoms with Gasteiger partial charge in [0.05, 0.1) is 12.1 Å². The normalized spacial score (nSPS) is 10.7. The van der Waals surface area contributed by atoms with Crippen LogP contribution in [0.25, 0.3) is 11.0 Å². The number of hydrogen-bond acceptors (Lipinski definition) is 3. The lowest BCUT2D eigenvalue weighted by molar-refractivity contribution is -0.121. The molecule has 2 rings (SSSR count). The van der Waals surface area contributed by atoms with Gasteiger partial charge in [-0.2, -0.15) is 0 Å². The van der Waals surface area contributed by atoms with Crippen LogP contribution in [0.3, 0.4) is 0 Å². The van der Waals surface area contributed by atoms with Crippen LogP contribution in [0.15, 0.2) is 18.2 Å². The number of fused-ring (bicyclic) bond motifs is 1. The first kappa shape index (κ1) is 14.6. The van der Waals surface area contributed by atoms with Crippen molar-refractivity contribution < 1.29 is 9.53 Å². The lowest BCUT2D eigenvalue weighted by Crippen LogP contribution is -2.23. The number of H-pyrrole nitrogens is 1. The molecule has 0 bridgehead atoms. The molecule has 20 heavy (non-hydrogen) atoms. The summed E-state index contributed by atoms with van der Waals surface area (Å²) in [4.78, 5) is 14.7. The van der Waals surface area contributed by atoms with E-state index in [1.54, 1.807) is 0 Å². The number of benzene rings is 1. The zero-order valence-electron chi connectivity index (χ0n) is 11.7. The van der Waals surface area contributed by atoms with Crippen LogP contribution < -0.4 is 10.1 Å². The predicted octanol–water partition coefficient (Wildman–Crippen LogP) is 2.62. The summed E-state index contributed by atoms with van der Waals surface area (Å²) in [5.41, 5.74) is 1.85. The Morgan fingerprint density at radius 1 is 1.45 bits per heavy atom. The summed E-state index contributed by atoms with van der Waals surface area (Å²) in [6, 6.07) is 5.81. The van der Waals surface area contributed by atoms with Crippen molar-refractivity contribution in [3.05, 3.63) is 23.0 Å². The first-order valence-corrected chi connectivity index (χ1v) is 7.19. The fraction of sp³-hybridized carbons (Fsp3) is 0.429. The number of aryl methyl sites for hydroxylation is 1. The molecular formula is C14H19N3O2S. The van der Waals surface area contributed by atoms with Crippen LogP contribution in [0.1, 0.15) is 20.3 Å². The molecule has 0 aliphatic rings. The molecule has 0 unspecified atom stereocenters. The van der Waals surface area contributed by atoms with Crippen LogP contribution in [0.5, 0.6) is 5.75 Å². The maximum Gasteiger partial charge on any atom is 0.221 e. The van der Waals surface area contributed by atoms with Crippen LogP contribution in [0.4, 0.5) is 0 Å². The molecule has 0 saturated heterocycles. The summed E-state index contributed by atoms with van der Waals surface area (Å²) in [7, 11) is 0. The van der Waals surface area contributed by atoms with Gasteiger partial charge in [0.1, 0.15) is 11.3 Å². The fourth-order valence-corrected chi connectivity index (χ4v) is 2.44. The van der Waals surface area contributed by atoms with Crippen LogP contribution in [-0.4, -0.2) is 28.6 Å². The summed E-state index contributed by atoms with van der Waals surface area (Å²) in [6.45, 7) is 5.65. The van der Waals surface area contributed by atoms with Gasteiger partial charge in [-0.3, -0.25) is 4.79 Å². The smallest absolute Gasteiger partial charge is 0.221 e. The Hall–Kier alpha value is -1.82. The van der Waals surface area contributed by atoms with Gasteiger partial charge in [0.15, 0.2) is 4.77 Å². The Balaban J connectivity index is 2.30. The molecule has 2 aromatic rings. The second-order valence-electron chi connectivity index (χ2n) is 4.37. The maximum absolute atomic E-state index is 11.6. The van der Waals surface area contributed by atoms with Crippen molar-refractivity contribution in [2.45, 2.75) is 26.8 Å². The average Bonchev–Trinajstić information content (AvgIpc) is 2.74. The first-order valence-electron chi connectivity index (χ1n) is 6.78. The average molecular weight is 293 g/mol. The number of aromatic amines is 1. The quantitative estimate of drug-likeness (QED) is 0.805. The molecule has 1 aromatic carbocycles. The van der Waals surface area contributed by atoms with Gasteiger partial charge in [-0.15, -0.1) is 0 Å². The molecule has 0 spiro atoms.